The number of carbonyl (C=O) groups excluding carboxylic acids is 2. The normalized spacial score (nSPS) is 20.3. The van der Waals surface area contributed by atoms with Crippen LogP contribution >= 0.6 is 0 Å². The first-order chi connectivity index (χ1) is 9.40. The SMILES string of the molecule is CC1CC(=O)N(Cc2ccc(C(C)C(=O)O)cc2)C1=O. The maximum absolute atomic E-state index is 11.8. The topological polar surface area (TPSA) is 74.7 Å². The van der Waals surface area contributed by atoms with Crippen molar-refractivity contribution in [2.75, 3.05) is 0 Å². The minimum atomic E-state index is -0.878. The van der Waals surface area contributed by atoms with E-state index < -0.39 is 11.9 Å². The predicted molar refractivity (Wildman–Crippen MR) is 71.8 cm³/mol. The molecule has 0 aliphatic carbocycles. The monoisotopic (exact) mass is 275 g/mol. The van der Waals surface area contributed by atoms with Crippen LogP contribution in [0.25, 0.3) is 0 Å². The minimum absolute atomic E-state index is 0.141. The van der Waals surface area contributed by atoms with Gasteiger partial charge in [-0.2, -0.15) is 0 Å². The van der Waals surface area contributed by atoms with Gasteiger partial charge in [0, 0.05) is 12.3 Å². The van der Waals surface area contributed by atoms with Crippen LogP contribution in [0.4, 0.5) is 0 Å². The van der Waals surface area contributed by atoms with Crippen LogP contribution in [0.2, 0.25) is 0 Å². The lowest BCUT2D eigenvalue weighted by Crippen LogP contribution is -2.29. The molecule has 1 N–H and O–H groups in total. The zero-order chi connectivity index (χ0) is 14.9. The molecule has 1 fully saturated rings. The van der Waals surface area contributed by atoms with Crippen molar-refractivity contribution in [3.63, 3.8) is 0 Å². The number of carbonyl (C=O) groups is 3. The second-order valence-corrected chi connectivity index (χ2v) is 5.22. The molecule has 1 saturated heterocycles. The fourth-order valence-electron chi connectivity index (χ4n) is 2.25. The number of benzene rings is 1. The molecule has 1 heterocycles. The van der Waals surface area contributed by atoms with E-state index in [9.17, 15) is 14.4 Å². The predicted octanol–water partition coefficient (Wildman–Crippen LogP) is 1.77. The quantitative estimate of drug-likeness (QED) is 0.850. The van der Waals surface area contributed by atoms with Crippen LogP contribution in [0.15, 0.2) is 24.3 Å². The van der Waals surface area contributed by atoms with Gasteiger partial charge in [0.2, 0.25) is 11.8 Å². The number of hydrogen-bond donors (Lipinski definition) is 1. The Bertz CT molecular complexity index is 549. The molecule has 5 nitrogen and oxygen atoms in total. The summed E-state index contributed by atoms with van der Waals surface area (Å²) < 4.78 is 0. The fraction of sp³-hybridized carbons (Fsp3) is 0.400. The van der Waals surface area contributed by atoms with Gasteiger partial charge < -0.3 is 5.11 Å². The number of likely N-dealkylation sites (tertiary alicyclic amines) is 1. The first-order valence-electron chi connectivity index (χ1n) is 6.56. The highest BCUT2D eigenvalue weighted by atomic mass is 16.4. The molecule has 0 saturated carbocycles. The zero-order valence-corrected chi connectivity index (χ0v) is 11.5. The molecule has 106 valence electrons. The van der Waals surface area contributed by atoms with Crippen LogP contribution in [0.3, 0.4) is 0 Å². The molecule has 1 aromatic rings. The number of aliphatic carboxylic acids is 1. The molecule has 2 atom stereocenters. The molecule has 1 aliphatic rings. The summed E-state index contributed by atoms with van der Waals surface area (Å²) >= 11 is 0. The number of hydrogen-bond acceptors (Lipinski definition) is 3. The van der Waals surface area contributed by atoms with Crippen molar-refractivity contribution in [3.8, 4) is 0 Å². The molecular weight excluding hydrogens is 258 g/mol. The first kappa shape index (κ1) is 14.2. The maximum atomic E-state index is 11.8. The smallest absolute Gasteiger partial charge is 0.310 e. The van der Waals surface area contributed by atoms with Gasteiger partial charge in [-0.05, 0) is 18.1 Å². The number of imide groups is 1. The van der Waals surface area contributed by atoms with E-state index in [2.05, 4.69) is 0 Å². The average Bonchev–Trinajstić information content (AvgIpc) is 2.65. The van der Waals surface area contributed by atoms with Crippen molar-refractivity contribution in [1.29, 1.82) is 0 Å². The van der Waals surface area contributed by atoms with Gasteiger partial charge in [0.05, 0.1) is 12.5 Å². The molecule has 20 heavy (non-hydrogen) atoms. The Morgan fingerprint density at radius 2 is 1.95 bits per heavy atom. The van der Waals surface area contributed by atoms with Crippen molar-refractivity contribution in [1.82, 2.24) is 4.90 Å². The lowest BCUT2D eigenvalue weighted by atomic mass is 10.00. The number of rotatable bonds is 4. The van der Waals surface area contributed by atoms with Gasteiger partial charge in [-0.3, -0.25) is 19.3 Å². The van der Waals surface area contributed by atoms with Gasteiger partial charge in [0.15, 0.2) is 0 Å². The van der Waals surface area contributed by atoms with E-state index >= 15 is 0 Å². The molecule has 0 radical (unpaired) electrons. The average molecular weight is 275 g/mol. The Morgan fingerprint density at radius 3 is 2.40 bits per heavy atom. The summed E-state index contributed by atoms with van der Waals surface area (Å²) in [5.74, 6) is -1.98. The van der Waals surface area contributed by atoms with E-state index in [1.54, 1.807) is 38.1 Å². The van der Waals surface area contributed by atoms with Crippen molar-refractivity contribution in [3.05, 3.63) is 35.4 Å². The van der Waals surface area contributed by atoms with Crippen molar-refractivity contribution in [2.45, 2.75) is 32.7 Å². The summed E-state index contributed by atoms with van der Waals surface area (Å²) in [6.45, 7) is 3.62. The largest absolute Gasteiger partial charge is 0.481 e. The second kappa shape index (κ2) is 5.45. The third kappa shape index (κ3) is 2.71. The van der Waals surface area contributed by atoms with Crippen LogP contribution in [0.5, 0.6) is 0 Å². The molecule has 0 aromatic heterocycles. The fourth-order valence-corrected chi connectivity index (χ4v) is 2.25. The molecule has 1 aliphatic heterocycles. The zero-order valence-electron chi connectivity index (χ0n) is 11.5. The minimum Gasteiger partial charge on any atom is -0.481 e. The Morgan fingerprint density at radius 1 is 1.35 bits per heavy atom. The Labute approximate surface area is 117 Å². The van der Waals surface area contributed by atoms with E-state index in [-0.39, 0.29) is 30.7 Å². The van der Waals surface area contributed by atoms with E-state index in [1.165, 1.54) is 4.90 Å². The maximum Gasteiger partial charge on any atom is 0.310 e. The highest BCUT2D eigenvalue weighted by Gasteiger charge is 2.35. The van der Waals surface area contributed by atoms with Gasteiger partial charge >= 0.3 is 5.97 Å². The van der Waals surface area contributed by atoms with E-state index in [0.29, 0.717) is 5.56 Å². The second-order valence-electron chi connectivity index (χ2n) is 5.22. The summed E-state index contributed by atoms with van der Waals surface area (Å²) in [6, 6.07) is 6.97. The van der Waals surface area contributed by atoms with Crippen LogP contribution in [0.1, 0.15) is 37.3 Å². The number of carboxylic acids is 1. The summed E-state index contributed by atoms with van der Waals surface area (Å²) in [6.07, 6.45) is 0.271. The van der Waals surface area contributed by atoms with Gasteiger partial charge in [-0.25, -0.2) is 0 Å². The van der Waals surface area contributed by atoms with Gasteiger partial charge in [0.1, 0.15) is 0 Å². The molecule has 0 bridgehead atoms. The molecule has 2 rings (SSSR count). The first-order valence-corrected chi connectivity index (χ1v) is 6.56. The van der Waals surface area contributed by atoms with Crippen LogP contribution in [-0.4, -0.2) is 27.8 Å². The highest BCUT2D eigenvalue weighted by Crippen LogP contribution is 2.22. The van der Waals surface area contributed by atoms with Crippen molar-refractivity contribution < 1.29 is 19.5 Å². The number of carboxylic acid groups (broad SMARTS) is 1. The third-order valence-electron chi connectivity index (χ3n) is 3.66. The van der Waals surface area contributed by atoms with Crippen LogP contribution in [-0.2, 0) is 20.9 Å². The van der Waals surface area contributed by atoms with Gasteiger partial charge in [-0.1, -0.05) is 31.2 Å². The van der Waals surface area contributed by atoms with E-state index in [1.807, 2.05) is 0 Å². The molecular formula is C15H17NO4. The molecule has 1 aromatic carbocycles. The standard InChI is InChI=1S/C15H17NO4/c1-9-7-13(17)16(14(9)18)8-11-3-5-12(6-4-11)10(2)15(19)20/h3-6,9-10H,7-8H2,1-2H3,(H,19,20). The molecule has 2 unspecified atom stereocenters. The summed E-state index contributed by atoms with van der Waals surface area (Å²) in [5.41, 5.74) is 1.52. The lowest BCUT2D eigenvalue weighted by molar-refractivity contribution is -0.140. The van der Waals surface area contributed by atoms with Gasteiger partial charge in [0.25, 0.3) is 0 Å². The summed E-state index contributed by atoms with van der Waals surface area (Å²) in [4.78, 5) is 35.7. The van der Waals surface area contributed by atoms with Gasteiger partial charge in [-0.15, -0.1) is 0 Å². The Kier molecular flexibility index (Phi) is 3.88. The lowest BCUT2D eigenvalue weighted by Gasteiger charge is -2.15. The number of amides is 2. The van der Waals surface area contributed by atoms with E-state index in [0.717, 1.165) is 5.56 Å². The Hall–Kier alpha value is -2.17. The number of nitrogens with zero attached hydrogens (tertiary/aromatic N) is 1. The third-order valence-corrected chi connectivity index (χ3v) is 3.66. The molecule has 0 spiro atoms. The van der Waals surface area contributed by atoms with Crippen LogP contribution < -0.4 is 0 Å². The van der Waals surface area contributed by atoms with Crippen molar-refractivity contribution >= 4 is 17.8 Å². The molecule has 2 amide bonds. The Balaban J connectivity index is 2.10. The van der Waals surface area contributed by atoms with Crippen LogP contribution in [0, 0.1) is 5.92 Å². The molecule has 5 heteroatoms. The summed E-state index contributed by atoms with van der Waals surface area (Å²) in [5, 5.41) is 8.94. The summed E-state index contributed by atoms with van der Waals surface area (Å²) in [7, 11) is 0. The van der Waals surface area contributed by atoms with Crippen molar-refractivity contribution in [2.24, 2.45) is 5.92 Å². The highest BCUT2D eigenvalue weighted by molar-refractivity contribution is 6.03. The van der Waals surface area contributed by atoms with E-state index in [4.69, 9.17) is 5.11 Å².